The topological polar surface area (TPSA) is 199 Å². The van der Waals surface area contributed by atoms with Crippen LogP contribution in [0.25, 0.3) is 249 Å². The monoisotopic (exact) mass is 1810 g/mol. The number of nitriles is 5. The fourth-order valence-electron chi connectivity index (χ4n) is 20.4. The molecule has 0 unspecified atom stereocenters. The van der Waals surface area contributed by atoms with Crippen LogP contribution in [0.1, 0.15) is 27.8 Å². The minimum Gasteiger partial charge on any atom is -0.456 e. The average molecular weight is 1810 g/mol. The predicted molar refractivity (Wildman–Crippen MR) is 572 cm³/mol. The molecule has 0 atom stereocenters. The van der Waals surface area contributed by atoms with E-state index in [9.17, 15) is 26.3 Å². The van der Waals surface area contributed by atoms with Crippen molar-refractivity contribution in [3.05, 3.63) is 477 Å². The Labute approximate surface area is 813 Å². The molecule has 13 nitrogen and oxygen atoms in total. The van der Waals surface area contributed by atoms with E-state index < -0.39 is 0 Å². The van der Waals surface area contributed by atoms with E-state index in [1.807, 2.05) is 194 Å². The van der Waals surface area contributed by atoms with Crippen molar-refractivity contribution in [2.24, 2.45) is 0 Å². The lowest BCUT2D eigenvalue weighted by atomic mass is 9.94. The third-order valence-electron chi connectivity index (χ3n) is 27.1. The number of nitrogens with zero attached hydrogens (tertiary/aromatic N) is 10. The summed E-state index contributed by atoms with van der Waals surface area (Å²) >= 11 is 0. The summed E-state index contributed by atoms with van der Waals surface area (Å²) in [6.07, 6.45) is 0. The van der Waals surface area contributed by atoms with E-state index in [-0.39, 0.29) is 0 Å². The van der Waals surface area contributed by atoms with Crippen molar-refractivity contribution >= 4 is 131 Å². The molecule has 13 heteroatoms. The third kappa shape index (κ3) is 14.9. The van der Waals surface area contributed by atoms with Gasteiger partial charge in [-0.1, -0.05) is 218 Å². The van der Waals surface area contributed by atoms with Crippen LogP contribution in [0.4, 0.5) is 0 Å². The minimum atomic E-state index is 0.564. The van der Waals surface area contributed by atoms with Gasteiger partial charge in [-0.3, -0.25) is 0 Å². The SMILES string of the molecule is N#Cc1ccc(-c2cccc(-c3cc(-c4ccc5oc6ccccc6c5c4)cc(-n4c5ccc(C#N)cc5c5cc(C#N)ccc54)c3)c2)cc1.N#Cc1cccc(-c2cccc(-c3cc(-c4ccc5oc6ccccc6c5c4)cc(-n4c5ccccc5c5ccccc54)c3)n2)c1.N#Cc1ccccc1-c1cccc(-c2cc(-c3ccc4oc5ccccc5c4c3)cc(-n3c4ccccc4c4ccccc43)c2)n1. The number of hydrogen-bond acceptors (Lipinski definition) is 10. The molecule has 0 bridgehead atoms. The molecule has 0 N–H and O–H groups in total. The summed E-state index contributed by atoms with van der Waals surface area (Å²) in [6, 6.07) is 164. The van der Waals surface area contributed by atoms with Crippen LogP contribution < -0.4 is 0 Å². The lowest BCUT2D eigenvalue weighted by molar-refractivity contribution is 0.668. The molecule has 142 heavy (non-hydrogen) atoms. The van der Waals surface area contributed by atoms with Crippen molar-refractivity contribution in [2.45, 2.75) is 0 Å². The van der Waals surface area contributed by atoms with Crippen LogP contribution in [0.15, 0.2) is 462 Å². The van der Waals surface area contributed by atoms with Crippen molar-refractivity contribution < 1.29 is 13.3 Å². The van der Waals surface area contributed by atoms with Gasteiger partial charge in [0.25, 0.3) is 0 Å². The van der Waals surface area contributed by atoms with Crippen LogP contribution in [0, 0.1) is 56.7 Å². The summed E-state index contributed by atoms with van der Waals surface area (Å²) in [5, 5.41) is 61.3. The number of pyridine rings is 2. The number of hydrogen-bond donors (Lipinski definition) is 0. The van der Waals surface area contributed by atoms with Gasteiger partial charge in [0.05, 0.1) is 114 Å². The standard InChI is InChI=1S/C45H24N4O.2C42H25N3O/c46-25-28-8-12-31(13-9-28)32-4-3-5-33(20-32)35-21-36(34-14-17-45-41(24-34)38-6-1-2-7-44(38)50-45)23-37(22-35)49-42-15-10-29(26-47)18-39(42)40-19-30(27-48)11-16-43(40)49;43-26-27-9-7-10-29(21-27)37-14-8-15-38(44-37)31-22-30(28-19-20-42-36(25-28)35-13-3-6-18-41(35)46-42)23-32(24-31)45-39-16-4-1-11-33(39)34-12-2-5-17-40(34)45;43-26-28-10-1-2-11-32(28)38-16-9-15-37(44-38)30-22-29(27-20-21-42-36(25-27)35-14-5-8-19-41(35)46-42)23-31(24-30)45-39-17-6-3-12-33(39)34-13-4-7-18-40(34)45/h1-24H;2*1-25H. The van der Waals surface area contributed by atoms with Crippen molar-refractivity contribution in [3.63, 3.8) is 0 Å². The fourth-order valence-corrected chi connectivity index (χ4v) is 20.4. The Morgan fingerprint density at radius 3 is 0.894 bits per heavy atom. The highest BCUT2D eigenvalue weighted by molar-refractivity contribution is 6.14. The Morgan fingerprint density at radius 1 is 0.169 bits per heavy atom. The van der Waals surface area contributed by atoms with Gasteiger partial charge in [-0.05, 0) is 286 Å². The molecule has 0 aliphatic rings. The number of furan rings is 3. The van der Waals surface area contributed by atoms with E-state index in [2.05, 4.69) is 299 Å². The van der Waals surface area contributed by atoms with Crippen molar-refractivity contribution in [1.82, 2.24) is 23.7 Å². The van der Waals surface area contributed by atoms with E-state index in [0.717, 1.165) is 227 Å². The molecule has 0 saturated carbocycles. The Kier molecular flexibility index (Phi) is 20.5. The second kappa shape index (κ2) is 34.9. The van der Waals surface area contributed by atoms with Gasteiger partial charge in [-0.25, -0.2) is 9.97 Å². The van der Waals surface area contributed by atoms with Gasteiger partial charge in [-0.15, -0.1) is 0 Å². The minimum absolute atomic E-state index is 0.564. The molecule has 0 radical (unpaired) electrons. The Hall–Kier alpha value is -20.3. The number of benzene rings is 19. The Balaban J connectivity index is 0.000000112. The van der Waals surface area contributed by atoms with E-state index in [1.165, 1.54) is 21.5 Å². The van der Waals surface area contributed by atoms with E-state index >= 15 is 0 Å². The lowest BCUT2D eigenvalue weighted by Crippen LogP contribution is -1.97. The number of aromatic nitrogens is 5. The first-order valence-corrected chi connectivity index (χ1v) is 46.7. The number of para-hydroxylation sites is 7. The van der Waals surface area contributed by atoms with Gasteiger partial charge in [0, 0.05) is 104 Å². The Morgan fingerprint density at radius 2 is 0.465 bits per heavy atom. The fraction of sp³-hybridized carbons (Fsp3) is 0. The third-order valence-corrected chi connectivity index (χ3v) is 27.1. The van der Waals surface area contributed by atoms with Crippen LogP contribution in [0.3, 0.4) is 0 Å². The smallest absolute Gasteiger partial charge is 0.135 e. The molecule has 658 valence electrons. The average Bonchev–Trinajstić information content (AvgIpc) is 1.59. The van der Waals surface area contributed by atoms with Gasteiger partial charge in [-0.2, -0.15) is 26.3 Å². The first-order valence-electron chi connectivity index (χ1n) is 46.7. The van der Waals surface area contributed by atoms with Gasteiger partial charge in [0.2, 0.25) is 0 Å². The van der Waals surface area contributed by atoms with Crippen molar-refractivity contribution in [1.29, 1.82) is 26.3 Å². The summed E-state index contributed by atoms with van der Waals surface area (Å²) in [7, 11) is 0. The maximum Gasteiger partial charge on any atom is 0.135 e. The van der Waals surface area contributed by atoms with Gasteiger partial charge in [0.1, 0.15) is 33.5 Å². The van der Waals surface area contributed by atoms with Crippen LogP contribution in [-0.2, 0) is 0 Å². The van der Waals surface area contributed by atoms with Gasteiger partial charge < -0.3 is 27.0 Å². The summed E-state index contributed by atoms with van der Waals surface area (Å²) in [4.78, 5) is 10.2. The Bertz CT molecular complexity index is 9950. The van der Waals surface area contributed by atoms with Crippen LogP contribution >= 0.6 is 0 Å². The van der Waals surface area contributed by atoms with Gasteiger partial charge >= 0.3 is 0 Å². The molecule has 27 aromatic rings. The maximum absolute atomic E-state index is 9.78. The molecule has 0 fully saturated rings. The lowest BCUT2D eigenvalue weighted by Gasteiger charge is -2.15. The maximum atomic E-state index is 9.78. The highest BCUT2D eigenvalue weighted by atomic mass is 16.3. The zero-order chi connectivity index (χ0) is 95.0. The van der Waals surface area contributed by atoms with Gasteiger partial charge in [0.15, 0.2) is 0 Å². The second-order valence-electron chi connectivity index (χ2n) is 35.4. The highest BCUT2D eigenvalue weighted by Gasteiger charge is 2.24. The van der Waals surface area contributed by atoms with Crippen molar-refractivity contribution in [3.8, 4) is 148 Å². The largest absolute Gasteiger partial charge is 0.456 e. The summed E-state index contributed by atoms with van der Waals surface area (Å²) < 4.78 is 25.4. The predicted octanol–water partition coefficient (Wildman–Crippen LogP) is 33.2. The molecular formula is C129H74N10O3. The normalized spacial score (nSPS) is 11.3. The molecule has 0 saturated heterocycles. The molecule has 27 rings (SSSR count). The molecule has 0 aliphatic carbocycles. The van der Waals surface area contributed by atoms with Crippen LogP contribution in [0.5, 0.6) is 0 Å². The van der Waals surface area contributed by atoms with Crippen molar-refractivity contribution in [2.75, 3.05) is 0 Å². The highest BCUT2D eigenvalue weighted by Crippen LogP contribution is 2.46. The van der Waals surface area contributed by atoms with E-state index in [1.54, 1.807) is 0 Å². The number of rotatable bonds is 12. The number of fused-ring (bicyclic) bond motifs is 18. The first-order chi connectivity index (χ1) is 70.1. The quantitative estimate of drug-likeness (QED) is 0.113. The van der Waals surface area contributed by atoms with Crippen LogP contribution in [-0.4, -0.2) is 23.7 Å². The molecule has 19 aromatic carbocycles. The first kappa shape index (κ1) is 83.5. The molecular weight excluding hydrogens is 1740 g/mol. The van der Waals surface area contributed by atoms with E-state index in [4.69, 9.17) is 23.2 Å². The molecule has 0 spiro atoms. The molecule has 0 aliphatic heterocycles. The second-order valence-corrected chi connectivity index (χ2v) is 35.4. The zero-order valence-corrected chi connectivity index (χ0v) is 75.9. The summed E-state index contributed by atoms with van der Waals surface area (Å²) in [6.45, 7) is 0. The molecule has 8 aromatic heterocycles. The summed E-state index contributed by atoms with van der Waals surface area (Å²) in [5.41, 5.74) is 35.3. The molecule has 8 heterocycles. The van der Waals surface area contributed by atoms with E-state index in [0.29, 0.717) is 27.8 Å². The molecule has 0 amide bonds. The zero-order valence-electron chi connectivity index (χ0n) is 75.9. The summed E-state index contributed by atoms with van der Waals surface area (Å²) in [5.74, 6) is 0. The van der Waals surface area contributed by atoms with Crippen LogP contribution in [0.2, 0.25) is 0 Å².